The Labute approximate surface area is 119 Å². The number of amides is 1. The number of anilines is 1. The number of rotatable bonds is 5. The average Bonchev–Trinajstić information content (AvgIpc) is 2.29. The van der Waals surface area contributed by atoms with E-state index in [2.05, 4.69) is 21.2 Å². The first-order chi connectivity index (χ1) is 8.70. The second-order valence-corrected chi connectivity index (χ2v) is 7.23. The number of carbonyl (C=O) groups excluding carboxylic acids is 1. The molecule has 1 amide bonds. The molecule has 1 unspecified atom stereocenters. The van der Waals surface area contributed by atoms with Crippen molar-refractivity contribution in [3.05, 3.63) is 28.5 Å². The summed E-state index contributed by atoms with van der Waals surface area (Å²) < 4.78 is 35.8. The minimum Gasteiger partial charge on any atom is -0.321 e. The van der Waals surface area contributed by atoms with Crippen molar-refractivity contribution in [1.82, 2.24) is 0 Å². The highest BCUT2D eigenvalue weighted by molar-refractivity contribution is 9.10. The van der Waals surface area contributed by atoms with E-state index < -0.39 is 27.6 Å². The van der Waals surface area contributed by atoms with Crippen molar-refractivity contribution in [1.29, 1.82) is 0 Å². The maximum absolute atomic E-state index is 13.5. The number of hydrogen-bond acceptors (Lipinski definition) is 4. The van der Waals surface area contributed by atoms with Crippen LogP contribution in [0.3, 0.4) is 0 Å². The number of benzene rings is 1. The van der Waals surface area contributed by atoms with Gasteiger partial charge in [-0.1, -0.05) is 6.07 Å². The molecule has 0 bridgehead atoms. The number of nitrogens with one attached hydrogen (secondary N) is 1. The molecule has 3 N–H and O–H groups in total. The highest BCUT2D eigenvalue weighted by atomic mass is 79.9. The molecule has 0 spiro atoms. The van der Waals surface area contributed by atoms with E-state index in [0.29, 0.717) is 4.47 Å². The zero-order valence-electron chi connectivity index (χ0n) is 10.2. The van der Waals surface area contributed by atoms with Crippen molar-refractivity contribution in [2.24, 2.45) is 5.73 Å². The zero-order chi connectivity index (χ0) is 14.6. The molecule has 1 atom stereocenters. The quantitative estimate of drug-likeness (QED) is 0.835. The van der Waals surface area contributed by atoms with Gasteiger partial charge < -0.3 is 11.1 Å². The molecule has 0 aliphatic rings. The van der Waals surface area contributed by atoms with Gasteiger partial charge in [0.15, 0.2) is 0 Å². The predicted molar refractivity (Wildman–Crippen MR) is 75.0 cm³/mol. The van der Waals surface area contributed by atoms with Gasteiger partial charge >= 0.3 is 0 Å². The summed E-state index contributed by atoms with van der Waals surface area (Å²) in [5, 5.41) is 2.33. The minimum absolute atomic E-state index is 0.0118. The van der Waals surface area contributed by atoms with Crippen LogP contribution in [0.5, 0.6) is 0 Å². The highest BCUT2D eigenvalue weighted by Crippen LogP contribution is 2.25. The van der Waals surface area contributed by atoms with Gasteiger partial charge in [0.2, 0.25) is 5.91 Å². The van der Waals surface area contributed by atoms with Gasteiger partial charge in [0.05, 0.1) is 17.5 Å². The van der Waals surface area contributed by atoms with Crippen LogP contribution >= 0.6 is 15.9 Å². The van der Waals surface area contributed by atoms with Crippen LogP contribution in [-0.2, 0) is 14.6 Å². The van der Waals surface area contributed by atoms with E-state index in [-0.39, 0.29) is 17.9 Å². The molecule has 0 heterocycles. The molecule has 0 saturated carbocycles. The molecule has 1 aromatic rings. The fourth-order valence-corrected chi connectivity index (χ4v) is 2.43. The molecular weight excluding hydrogens is 339 g/mol. The molecule has 0 saturated heterocycles. The van der Waals surface area contributed by atoms with Crippen molar-refractivity contribution in [3.63, 3.8) is 0 Å². The number of hydrogen-bond donors (Lipinski definition) is 2. The Morgan fingerprint density at radius 3 is 2.68 bits per heavy atom. The molecule has 19 heavy (non-hydrogen) atoms. The van der Waals surface area contributed by atoms with Crippen molar-refractivity contribution >= 4 is 37.4 Å². The largest absolute Gasteiger partial charge is 0.321 e. The Bertz CT molecular complexity index is 557. The van der Waals surface area contributed by atoms with Crippen LogP contribution < -0.4 is 11.1 Å². The summed E-state index contributed by atoms with van der Waals surface area (Å²) in [6, 6.07) is 3.24. The lowest BCUT2D eigenvalue weighted by Crippen LogP contribution is -2.37. The number of nitrogens with two attached hydrogens (primary N) is 1. The van der Waals surface area contributed by atoms with E-state index in [1.807, 2.05) is 0 Å². The van der Waals surface area contributed by atoms with Crippen molar-refractivity contribution in [2.75, 3.05) is 17.3 Å². The van der Waals surface area contributed by atoms with Gasteiger partial charge in [-0.2, -0.15) is 0 Å². The van der Waals surface area contributed by atoms with Crippen molar-refractivity contribution < 1.29 is 17.6 Å². The normalized spacial score (nSPS) is 13.1. The van der Waals surface area contributed by atoms with Crippen LogP contribution in [0.25, 0.3) is 0 Å². The standard InChI is InChI=1S/C11H14BrFN2O3S/c1-19(17,18)6-5-9(14)11(16)15-10-7(12)3-2-4-8(10)13/h2-4,9H,5-6,14H2,1H3,(H,15,16). The van der Waals surface area contributed by atoms with Crippen molar-refractivity contribution in [2.45, 2.75) is 12.5 Å². The second-order valence-electron chi connectivity index (χ2n) is 4.11. The van der Waals surface area contributed by atoms with Crippen LogP contribution in [0.2, 0.25) is 0 Å². The molecular formula is C11H14BrFN2O3S. The first-order valence-corrected chi connectivity index (χ1v) is 8.24. The number of sulfone groups is 1. The van der Waals surface area contributed by atoms with Crippen LogP contribution in [-0.4, -0.2) is 32.4 Å². The van der Waals surface area contributed by atoms with Gasteiger partial charge in [0.25, 0.3) is 0 Å². The Morgan fingerprint density at radius 1 is 1.53 bits per heavy atom. The van der Waals surface area contributed by atoms with E-state index in [1.165, 1.54) is 12.1 Å². The number of halogens is 2. The van der Waals surface area contributed by atoms with Crippen molar-refractivity contribution in [3.8, 4) is 0 Å². The minimum atomic E-state index is -3.19. The van der Waals surface area contributed by atoms with Crippen LogP contribution in [0.4, 0.5) is 10.1 Å². The SMILES string of the molecule is CS(=O)(=O)CCC(N)C(=O)Nc1c(F)cccc1Br. The topological polar surface area (TPSA) is 89.3 Å². The van der Waals surface area contributed by atoms with Gasteiger partial charge in [-0.25, -0.2) is 12.8 Å². The van der Waals surface area contributed by atoms with Gasteiger partial charge in [-0.15, -0.1) is 0 Å². The molecule has 0 aliphatic heterocycles. The molecule has 8 heteroatoms. The summed E-state index contributed by atoms with van der Waals surface area (Å²) in [6.07, 6.45) is 1.04. The molecule has 106 valence electrons. The lowest BCUT2D eigenvalue weighted by atomic mass is 10.2. The third kappa shape index (κ3) is 5.25. The summed E-state index contributed by atoms with van der Waals surface area (Å²) >= 11 is 3.10. The first-order valence-electron chi connectivity index (χ1n) is 5.39. The predicted octanol–water partition coefficient (Wildman–Crippen LogP) is 1.29. The molecule has 0 radical (unpaired) electrons. The van der Waals surface area contributed by atoms with E-state index >= 15 is 0 Å². The Kier molecular flexibility index (Phi) is 5.45. The van der Waals surface area contributed by atoms with E-state index in [1.54, 1.807) is 6.07 Å². The fraction of sp³-hybridized carbons (Fsp3) is 0.364. The van der Waals surface area contributed by atoms with E-state index in [9.17, 15) is 17.6 Å². The smallest absolute Gasteiger partial charge is 0.241 e. The highest BCUT2D eigenvalue weighted by Gasteiger charge is 2.18. The average molecular weight is 353 g/mol. The Hall–Kier alpha value is -0.990. The van der Waals surface area contributed by atoms with Crippen LogP contribution in [0, 0.1) is 5.82 Å². The lowest BCUT2D eigenvalue weighted by molar-refractivity contribution is -0.117. The summed E-state index contributed by atoms with van der Waals surface area (Å²) in [6.45, 7) is 0. The van der Waals surface area contributed by atoms with Crippen LogP contribution in [0.15, 0.2) is 22.7 Å². The van der Waals surface area contributed by atoms with Gasteiger partial charge in [-0.3, -0.25) is 4.79 Å². The maximum atomic E-state index is 13.5. The molecule has 1 aromatic carbocycles. The van der Waals surface area contributed by atoms with E-state index in [4.69, 9.17) is 5.73 Å². The third-order valence-electron chi connectivity index (χ3n) is 2.35. The molecule has 5 nitrogen and oxygen atoms in total. The summed E-state index contributed by atoms with van der Waals surface area (Å²) in [4.78, 5) is 11.7. The summed E-state index contributed by atoms with van der Waals surface area (Å²) in [5.41, 5.74) is 5.55. The molecule has 0 aliphatic carbocycles. The maximum Gasteiger partial charge on any atom is 0.241 e. The summed E-state index contributed by atoms with van der Waals surface area (Å²) in [7, 11) is -3.19. The van der Waals surface area contributed by atoms with E-state index in [0.717, 1.165) is 6.26 Å². The Morgan fingerprint density at radius 2 is 2.16 bits per heavy atom. The van der Waals surface area contributed by atoms with Crippen LogP contribution in [0.1, 0.15) is 6.42 Å². The summed E-state index contributed by atoms with van der Waals surface area (Å²) in [5.74, 6) is -1.42. The lowest BCUT2D eigenvalue weighted by Gasteiger charge is -2.13. The molecule has 1 rings (SSSR count). The monoisotopic (exact) mass is 352 g/mol. The second kappa shape index (κ2) is 6.44. The van der Waals surface area contributed by atoms with Gasteiger partial charge in [0.1, 0.15) is 15.7 Å². The van der Waals surface area contributed by atoms with Gasteiger partial charge in [0, 0.05) is 10.7 Å². The fourth-order valence-electron chi connectivity index (χ4n) is 1.31. The zero-order valence-corrected chi connectivity index (χ0v) is 12.6. The molecule has 0 aromatic heterocycles. The third-order valence-corrected chi connectivity index (χ3v) is 3.99. The van der Waals surface area contributed by atoms with Gasteiger partial charge in [-0.05, 0) is 34.5 Å². The first kappa shape index (κ1) is 16.1. The number of carbonyl (C=O) groups is 1. The Balaban J connectivity index is 2.69. The number of para-hydroxylation sites is 1. The molecule has 0 fully saturated rings.